The van der Waals surface area contributed by atoms with Gasteiger partial charge in [-0.2, -0.15) is 0 Å². The lowest BCUT2D eigenvalue weighted by molar-refractivity contribution is 0.0496. The van der Waals surface area contributed by atoms with Crippen molar-refractivity contribution in [1.82, 2.24) is 0 Å². The van der Waals surface area contributed by atoms with Gasteiger partial charge in [0.15, 0.2) is 0 Å². The van der Waals surface area contributed by atoms with Crippen LogP contribution in [0.4, 0.5) is 0 Å². The Labute approximate surface area is 102 Å². The quantitative estimate of drug-likeness (QED) is 0.850. The number of aliphatic hydroxyl groups is 1. The summed E-state index contributed by atoms with van der Waals surface area (Å²) < 4.78 is 11.0. The molecule has 1 fully saturated rings. The van der Waals surface area contributed by atoms with Gasteiger partial charge in [-0.25, -0.2) is 0 Å². The molecule has 2 rings (SSSR count). The number of benzene rings is 1. The van der Waals surface area contributed by atoms with Crippen LogP contribution >= 0.6 is 0 Å². The van der Waals surface area contributed by atoms with Crippen molar-refractivity contribution in [1.29, 1.82) is 0 Å². The van der Waals surface area contributed by atoms with Crippen molar-refractivity contribution in [2.24, 2.45) is 5.92 Å². The van der Waals surface area contributed by atoms with Crippen LogP contribution in [0.1, 0.15) is 18.9 Å². The van der Waals surface area contributed by atoms with Crippen molar-refractivity contribution < 1.29 is 14.6 Å². The Morgan fingerprint density at radius 2 is 2.29 bits per heavy atom. The Bertz CT molecular complexity index is 345. The van der Waals surface area contributed by atoms with Crippen molar-refractivity contribution in [2.75, 3.05) is 19.8 Å². The van der Waals surface area contributed by atoms with Gasteiger partial charge in [-0.15, -0.1) is 0 Å². The first-order chi connectivity index (χ1) is 8.31. The van der Waals surface area contributed by atoms with E-state index in [9.17, 15) is 5.11 Å². The number of rotatable bonds is 5. The molecule has 1 aromatic rings. The molecule has 1 saturated heterocycles. The molecule has 17 heavy (non-hydrogen) atoms. The molecule has 0 amide bonds. The SMILES string of the molecule is CCc1ccccc1OCC(O)C1CCOC1. The summed E-state index contributed by atoms with van der Waals surface area (Å²) in [6.07, 6.45) is 1.45. The Balaban J connectivity index is 1.88. The smallest absolute Gasteiger partial charge is 0.122 e. The highest BCUT2D eigenvalue weighted by Gasteiger charge is 2.24. The Hall–Kier alpha value is -1.06. The molecule has 0 spiro atoms. The average molecular weight is 236 g/mol. The van der Waals surface area contributed by atoms with Crippen LogP contribution in [-0.4, -0.2) is 31.0 Å². The molecule has 1 N–H and O–H groups in total. The topological polar surface area (TPSA) is 38.7 Å². The lowest BCUT2D eigenvalue weighted by Crippen LogP contribution is -2.27. The van der Waals surface area contributed by atoms with E-state index in [2.05, 4.69) is 13.0 Å². The lowest BCUT2D eigenvalue weighted by atomic mass is 10.0. The molecule has 2 unspecified atom stereocenters. The molecular weight excluding hydrogens is 216 g/mol. The summed E-state index contributed by atoms with van der Waals surface area (Å²) in [6.45, 7) is 3.86. The molecule has 0 bridgehead atoms. The van der Waals surface area contributed by atoms with Crippen molar-refractivity contribution in [3.63, 3.8) is 0 Å². The van der Waals surface area contributed by atoms with Crippen LogP contribution < -0.4 is 4.74 Å². The standard InChI is InChI=1S/C14H20O3/c1-2-11-5-3-4-6-14(11)17-10-13(15)12-7-8-16-9-12/h3-6,12-13,15H,2,7-10H2,1H3. The van der Waals surface area contributed by atoms with Gasteiger partial charge in [0, 0.05) is 12.5 Å². The van der Waals surface area contributed by atoms with Gasteiger partial charge in [-0.3, -0.25) is 0 Å². The second kappa shape index (κ2) is 6.03. The van der Waals surface area contributed by atoms with E-state index in [-0.39, 0.29) is 5.92 Å². The normalized spacial score (nSPS) is 21.4. The fraction of sp³-hybridized carbons (Fsp3) is 0.571. The van der Waals surface area contributed by atoms with Crippen LogP contribution in [0.5, 0.6) is 5.75 Å². The Morgan fingerprint density at radius 3 is 3.00 bits per heavy atom. The summed E-state index contributed by atoms with van der Waals surface area (Å²) >= 11 is 0. The van der Waals surface area contributed by atoms with E-state index < -0.39 is 6.10 Å². The van der Waals surface area contributed by atoms with Gasteiger partial charge >= 0.3 is 0 Å². The number of para-hydroxylation sites is 1. The highest BCUT2D eigenvalue weighted by Crippen LogP contribution is 2.21. The third kappa shape index (κ3) is 3.20. The molecule has 3 nitrogen and oxygen atoms in total. The van der Waals surface area contributed by atoms with Crippen LogP contribution in [0.25, 0.3) is 0 Å². The van der Waals surface area contributed by atoms with Crippen LogP contribution in [0.2, 0.25) is 0 Å². The summed E-state index contributed by atoms with van der Waals surface area (Å²) in [6, 6.07) is 7.98. The first kappa shape index (κ1) is 12.4. The van der Waals surface area contributed by atoms with Crippen LogP contribution in [0.3, 0.4) is 0 Å². The third-order valence-corrected chi connectivity index (χ3v) is 3.27. The van der Waals surface area contributed by atoms with Gasteiger partial charge in [0.05, 0.1) is 12.7 Å². The maximum Gasteiger partial charge on any atom is 0.122 e. The molecule has 0 radical (unpaired) electrons. The zero-order valence-corrected chi connectivity index (χ0v) is 10.3. The van der Waals surface area contributed by atoms with Crippen molar-refractivity contribution >= 4 is 0 Å². The summed E-state index contributed by atoms with van der Waals surface area (Å²) in [5.74, 6) is 1.11. The molecule has 0 aromatic heterocycles. The van der Waals surface area contributed by atoms with Gasteiger partial charge in [-0.1, -0.05) is 25.1 Å². The van der Waals surface area contributed by atoms with Gasteiger partial charge in [-0.05, 0) is 24.5 Å². The third-order valence-electron chi connectivity index (χ3n) is 3.27. The molecule has 0 aliphatic carbocycles. The Morgan fingerprint density at radius 1 is 1.47 bits per heavy atom. The van der Waals surface area contributed by atoms with E-state index in [1.165, 1.54) is 5.56 Å². The number of hydrogen-bond acceptors (Lipinski definition) is 3. The fourth-order valence-corrected chi connectivity index (χ4v) is 2.10. The predicted molar refractivity (Wildman–Crippen MR) is 66.2 cm³/mol. The van der Waals surface area contributed by atoms with E-state index in [4.69, 9.17) is 9.47 Å². The molecule has 1 aromatic carbocycles. The fourth-order valence-electron chi connectivity index (χ4n) is 2.10. The average Bonchev–Trinajstić information content (AvgIpc) is 2.90. The van der Waals surface area contributed by atoms with Gasteiger partial charge < -0.3 is 14.6 Å². The van der Waals surface area contributed by atoms with E-state index in [0.29, 0.717) is 13.2 Å². The minimum Gasteiger partial charge on any atom is -0.491 e. The molecular formula is C14H20O3. The Kier molecular flexibility index (Phi) is 4.40. The van der Waals surface area contributed by atoms with E-state index in [1.54, 1.807) is 0 Å². The molecule has 3 heteroatoms. The molecule has 2 atom stereocenters. The highest BCUT2D eigenvalue weighted by molar-refractivity contribution is 5.33. The highest BCUT2D eigenvalue weighted by atomic mass is 16.5. The van der Waals surface area contributed by atoms with Gasteiger partial charge in [0.2, 0.25) is 0 Å². The second-order valence-electron chi connectivity index (χ2n) is 4.46. The summed E-state index contributed by atoms with van der Waals surface area (Å²) in [7, 11) is 0. The van der Waals surface area contributed by atoms with Crippen molar-refractivity contribution in [3.8, 4) is 5.75 Å². The van der Waals surface area contributed by atoms with E-state index in [0.717, 1.165) is 25.2 Å². The first-order valence-corrected chi connectivity index (χ1v) is 6.27. The minimum atomic E-state index is -0.428. The van der Waals surface area contributed by atoms with E-state index >= 15 is 0 Å². The predicted octanol–water partition coefficient (Wildman–Crippen LogP) is 2.03. The molecule has 1 aliphatic heterocycles. The van der Waals surface area contributed by atoms with E-state index in [1.807, 2.05) is 18.2 Å². The molecule has 1 aliphatic rings. The number of aliphatic hydroxyl groups excluding tert-OH is 1. The summed E-state index contributed by atoms with van der Waals surface area (Å²) in [5, 5.41) is 9.97. The van der Waals surface area contributed by atoms with Gasteiger partial charge in [0.25, 0.3) is 0 Å². The largest absolute Gasteiger partial charge is 0.491 e. The zero-order valence-electron chi connectivity index (χ0n) is 10.3. The van der Waals surface area contributed by atoms with Crippen molar-refractivity contribution in [3.05, 3.63) is 29.8 Å². The summed E-state index contributed by atoms with van der Waals surface area (Å²) in [4.78, 5) is 0. The minimum absolute atomic E-state index is 0.226. The monoisotopic (exact) mass is 236 g/mol. The van der Waals surface area contributed by atoms with Gasteiger partial charge in [0.1, 0.15) is 12.4 Å². The maximum atomic E-state index is 9.97. The summed E-state index contributed by atoms with van der Waals surface area (Å²) in [5.41, 5.74) is 1.18. The molecule has 94 valence electrons. The number of ether oxygens (including phenoxy) is 2. The molecule has 0 saturated carbocycles. The van der Waals surface area contributed by atoms with Crippen LogP contribution in [0.15, 0.2) is 24.3 Å². The maximum absolute atomic E-state index is 9.97. The number of hydrogen-bond donors (Lipinski definition) is 1. The number of aryl methyl sites for hydroxylation is 1. The second-order valence-corrected chi connectivity index (χ2v) is 4.46. The molecule has 1 heterocycles. The van der Waals surface area contributed by atoms with Crippen LogP contribution in [0, 0.1) is 5.92 Å². The first-order valence-electron chi connectivity index (χ1n) is 6.27. The van der Waals surface area contributed by atoms with Crippen molar-refractivity contribution in [2.45, 2.75) is 25.9 Å². The zero-order chi connectivity index (χ0) is 12.1. The van der Waals surface area contributed by atoms with Crippen LogP contribution in [-0.2, 0) is 11.2 Å². The lowest BCUT2D eigenvalue weighted by Gasteiger charge is -2.18.